The molecule has 0 bridgehead atoms. The fourth-order valence-electron chi connectivity index (χ4n) is 2.97. The number of anilines is 3. The molecule has 154 valence electrons. The van der Waals surface area contributed by atoms with Gasteiger partial charge in [0.25, 0.3) is 21.3 Å². The number of aryl methyl sites for hydroxylation is 1. The van der Waals surface area contributed by atoms with Crippen LogP contribution in [0.25, 0.3) is 11.0 Å². The lowest BCUT2D eigenvalue weighted by Crippen LogP contribution is -2.30. The van der Waals surface area contributed by atoms with Crippen LogP contribution in [0.1, 0.15) is 11.1 Å². The zero-order valence-electron chi connectivity index (χ0n) is 16.1. The van der Waals surface area contributed by atoms with E-state index in [4.69, 9.17) is 0 Å². The fourth-order valence-corrected chi connectivity index (χ4v) is 3.59. The molecule has 2 aromatic heterocycles. The highest BCUT2D eigenvalue weighted by molar-refractivity contribution is 7.90. The quantitative estimate of drug-likeness (QED) is 0.395. The first-order valence-electron chi connectivity index (χ1n) is 8.49. The van der Waals surface area contributed by atoms with Crippen LogP contribution in [-0.2, 0) is 17.3 Å². The summed E-state index contributed by atoms with van der Waals surface area (Å²) in [6.45, 7) is 3.23. The van der Waals surface area contributed by atoms with Gasteiger partial charge in [-0.1, -0.05) is 6.07 Å². The summed E-state index contributed by atoms with van der Waals surface area (Å²) in [6.07, 6.45) is 0. The normalized spacial score (nSPS) is 11.6. The number of hydrogen-bond donors (Lipinski definition) is 5. The molecular formula is C17H20N6O5S. The van der Waals surface area contributed by atoms with Crippen LogP contribution in [0, 0.1) is 13.8 Å². The molecule has 0 radical (unpaired) electrons. The number of fused-ring (bicyclic) bond motifs is 1. The summed E-state index contributed by atoms with van der Waals surface area (Å²) in [6, 6.07) is 4.87. The zero-order valence-corrected chi connectivity index (χ0v) is 16.9. The molecule has 12 heteroatoms. The molecule has 0 saturated heterocycles. The Morgan fingerprint density at radius 3 is 2.31 bits per heavy atom. The molecule has 0 unspecified atom stereocenters. The summed E-state index contributed by atoms with van der Waals surface area (Å²) in [7, 11) is -0.994. The SMILES string of the molecule is CNS(=O)(=O)Nc1cccc(Nc2c(C)c(=O)n(C)c3[nH]c(=O)[nH]c(=O)c23)c1C. The van der Waals surface area contributed by atoms with Crippen LogP contribution in [-0.4, -0.2) is 30.0 Å². The Bertz CT molecular complexity index is 1400. The van der Waals surface area contributed by atoms with E-state index in [1.165, 1.54) is 18.7 Å². The number of pyridine rings is 1. The fraction of sp³-hybridized carbons (Fsp3) is 0.235. The summed E-state index contributed by atoms with van der Waals surface area (Å²) < 4.78 is 29.4. The Labute approximate surface area is 165 Å². The van der Waals surface area contributed by atoms with Crippen LogP contribution in [0.15, 0.2) is 32.6 Å². The maximum Gasteiger partial charge on any atom is 0.327 e. The summed E-state index contributed by atoms with van der Waals surface area (Å²) >= 11 is 0. The Balaban J connectivity index is 2.24. The topological polar surface area (TPSA) is 158 Å². The standard InChI is InChI=1S/C17H20N6O5S/c1-8-10(6-5-7-11(8)22-29(27,28)18-3)19-13-9(2)16(25)23(4)14-12(13)15(24)21-17(26)20-14/h5-7,18-19,22H,1-4H3,(H2,20,21,24,26). The van der Waals surface area contributed by atoms with Crippen molar-refractivity contribution in [2.24, 2.45) is 7.05 Å². The van der Waals surface area contributed by atoms with Gasteiger partial charge in [0.2, 0.25) is 0 Å². The maximum absolute atomic E-state index is 12.6. The monoisotopic (exact) mass is 420 g/mol. The molecule has 0 atom stereocenters. The van der Waals surface area contributed by atoms with Gasteiger partial charge in [-0.3, -0.25) is 28.8 Å². The van der Waals surface area contributed by atoms with Crippen molar-refractivity contribution in [2.45, 2.75) is 13.8 Å². The van der Waals surface area contributed by atoms with E-state index >= 15 is 0 Å². The Kier molecular flexibility index (Phi) is 5.07. The van der Waals surface area contributed by atoms with Crippen molar-refractivity contribution in [3.8, 4) is 0 Å². The van der Waals surface area contributed by atoms with Gasteiger partial charge in [0, 0.05) is 25.3 Å². The van der Waals surface area contributed by atoms with Gasteiger partial charge in [-0.15, -0.1) is 0 Å². The number of benzene rings is 1. The molecule has 0 aliphatic rings. The molecular weight excluding hydrogens is 400 g/mol. The van der Waals surface area contributed by atoms with Gasteiger partial charge >= 0.3 is 5.69 Å². The van der Waals surface area contributed by atoms with Gasteiger partial charge in [0.05, 0.1) is 11.4 Å². The van der Waals surface area contributed by atoms with Gasteiger partial charge in [-0.2, -0.15) is 8.42 Å². The van der Waals surface area contributed by atoms with Crippen LogP contribution < -0.4 is 31.6 Å². The molecule has 5 N–H and O–H groups in total. The first kappa shape index (κ1) is 20.4. The van der Waals surface area contributed by atoms with Crippen LogP contribution in [0.4, 0.5) is 17.1 Å². The average Bonchev–Trinajstić information content (AvgIpc) is 2.66. The van der Waals surface area contributed by atoms with E-state index < -0.39 is 27.0 Å². The second kappa shape index (κ2) is 7.22. The lowest BCUT2D eigenvalue weighted by molar-refractivity contribution is 0.593. The van der Waals surface area contributed by atoms with Crippen molar-refractivity contribution in [3.63, 3.8) is 0 Å². The average molecular weight is 420 g/mol. The molecule has 0 saturated carbocycles. The Morgan fingerprint density at radius 2 is 1.66 bits per heavy atom. The predicted octanol–water partition coefficient (Wildman–Crippen LogP) is 0.152. The molecule has 3 aromatic rings. The van der Waals surface area contributed by atoms with E-state index in [0.29, 0.717) is 16.9 Å². The highest BCUT2D eigenvalue weighted by Crippen LogP contribution is 2.29. The first-order valence-corrected chi connectivity index (χ1v) is 9.98. The molecule has 29 heavy (non-hydrogen) atoms. The van der Waals surface area contributed by atoms with E-state index in [1.807, 2.05) is 0 Å². The lowest BCUT2D eigenvalue weighted by Gasteiger charge is -2.17. The number of H-pyrrole nitrogens is 2. The number of aromatic nitrogens is 3. The third-order valence-corrected chi connectivity index (χ3v) is 5.64. The molecule has 0 fully saturated rings. The number of aromatic amines is 2. The molecule has 11 nitrogen and oxygen atoms in total. The van der Waals surface area contributed by atoms with E-state index in [2.05, 4.69) is 24.7 Å². The van der Waals surface area contributed by atoms with Crippen molar-refractivity contribution in [1.82, 2.24) is 19.3 Å². The van der Waals surface area contributed by atoms with E-state index in [1.54, 1.807) is 32.0 Å². The number of nitrogens with zero attached hydrogens (tertiary/aromatic N) is 1. The van der Waals surface area contributed by atoms with E-state index in [-0.39, 0.29) is 22.3 Å². The Morgan fingerprint density at radius 1 is 1.00 bits per heavy atom. The van der Waals surface area contributed by atoms with Gasteiger partial charge in [0.1, 0.15) is 11.0 Å². The van der Waals surface area contributed by atoms with Crippen molar-refractivity contribution >= 4 is 38.3 Å². The Hall–Kier alpha value is -3.38. The minimum Gasteiger partial charge on any atom is -0.354 e. The van der Waals surface area contributed by atoms with Crippen LogP contribution in [0.5, 0.6) is 0 Å². The van der Waals surface area contributed by atoms with Crippen LogP contribution in [0.2, 0.25) is 0 Å². The number of rotatable bonds is 5. The minimum absolute atomic E-state index is 0.0709. The molecule has 3 rings (SSSR count). The first-order chi connectivity index (χ1) is 13.6. The summed E-state index contributed by atoms with van der Waals surface area (Å²) in [5.74, 6) is 0. The van der Waals surface area contributed by atoms with E-state index in [9.17, 15) is 22.8 Å². The van der Waals surface area contributed by atoms with Gasteiger partial charge < -0.3 is 5.32 Å². The van der Waals surface area contributed by atoms with Crippen molar-refractivity contribution in [3.05, 3.63) is 60.5 Å². The van der Waals surface area contributed by atoms with Crippen molar-refractivity contribution in [2.75, 3.05) is 17.1 Å². The molecule has 1 aromatic carbocycles. The minimum atomic E-state index is -3.73. The van der Waals surface area contributed by atoms with Crippen LogP contribution >= 0.6 is 0 Å². The molecule has 0 spiro atoms. The second-order valence-corrected chi connectivity index (χ2v) is 8.03. The molecule has 0 amide bonds. The summed E-state index contributed by atoms with van der Waals surface area (Å²) in [5.41, 5.74) is 0.104. The molecule has 0 aliphatic carbocycles. The van der Waals surface area contributed by atoms with Gasteiger partial charge in [-0.05, 0) is 31.5 Å². The maximum atomic E-state index is 12.6. The number of hydrogen-bond acceptors (Lipinski definition) is 6. The highest BCUT2D eigenvalue weighted by Gasteiger charge is 2.18. The third kappa shape index (κ3) is 3.67. The van der Waals surface area contributed by atoms with E-state index in [0.717, 1.165) is 0 Å². The highest BCUT2D eigenvalue weighted by atomic mass is 32.2. The van der Waals surface area contributed by atoms with Crippen LogP contribution in [0.3, 0.4) is 0 Å². The smallest absolute Gasteiger partial charge is 0.327 e. The van der Waals surface area contributed by atoms with Crippen molar-refractivity contribution in [1.29, 1.82) is 0 Å². The lowest BCUT2D eigenvalue weighted by atomic mass is 10.1. The summed E-state index contributed by atoms with van der Waals surface area (Å²) in [5, 5.41) is 3.15. The largest absolute Gasteiger partial charge is 0.354 e. The third-order valence-electron chi connectivity index (χ3n) is 4.62. The number of nitrogens with one attached hydrogen (secondary N) is 5. The van der Waals surface area contributed by atoms with Crippen molar-refractivity contribution < 1.29 is 8.42 Å². The predicted molar refractivity (Wildman–Crippen MR) is 111 cm³/mol. The van der Waals surface area contributed by atoms with Gasteiger partial charge in [0.15, 0.2) is 0 Å². The molecule has 0 aliphatic heterocycles. The van der Waals surface area contributed by atoms with Gasteiger partial charge in [-0.25, -0.2) is 9.52 Å². The zero-order chi connectivity index (χ0) is 21.5. The molecule has 2 heterocycles. The summed E-state index contributed by atoms with van der Waals surface area (Å²) in [4.78, 5) is 41.3. The second-order valence-electron chi connectivity index (χ2n) is 6.41.